The van der Waals surface area contributed by atoms with E-state index in [1.165, 1.54) is 18.4 Å². The van der Waals surface area contributed by atoms with E-state index in [2.05, 4.69) is 49.3 Å². The van der Waals surface area contributed by atoms with Gasteiger partial charge in [0.25, 0.3) is 0 Å². The van der Waals surface area contributed by atoms with Gasteiger partial charge in [0.2, 0.25) is 0 Å². The van der Waals surface area contributed by atoms with E-state index in [1.807, 2.05) is 6.92 Å². The molecular formula is C16H26N2O. The number of benzene rings is 1. The van der Waals surface area contributed by atoms with Crippen molar-refractivity contribution in [2.45, 2.75) is 45.7 Å². The summed E-state index contributed by atoms with van der Waals surface area (Å²) in [5.74, 6) is 0.981. The molecule has 0 saturated carbocycles. The lowest BCUT2D eigenvalue weighted by Gasteiger charge is -2.36. The van der Waals surface area contributed by atoms with Gasteiger partial charge in [-0.25, -0.2) is 0 Å². The SMILES string of the molecule is CCOc1cc(C)ccc1NC1CCN(C)C(C)C1. The molecule has 1 aromatic rings. The maximum atomic E-state index is 5.73. The van der Waals surface area contributed by atoms with Crippen LogP contribution in [-0.4, -0.2) is 37.2 Å². The van der Waals surface area contributed by atoms with Gasteiger partial charge in [0, 0.05) is 18.6 Å². The van der Waals surface area contributed by atoms with Gasteiger partial charge < -0.3 is 15.0 Å². The predicted molar refractivity (Wildman–Crippen MR) is 81.1 cm³/mol. The molecule has 0 radical (unpaired) electrons. The van der Waals surface area contributed by atoms with Gasteiger partial charge in [-0.05, 0) is 58.4 Å². The minimum absolute atomic E-state index is 0.549. The van der Waals surface area contributed by atoms with Crippen LogP contribution in [-0.2, 0) is 0 Å². The molecular weight excluding hydrogens is 236 g/mol. The van der Waals surface area contributed by atoms with Crippen LogP contribution >= 0.6 is 0 Å². The summed E-state index contributed by atoms with van der Waals surface area (Å²) in [6.07, 6.45) is 2.39. The number of piperidine rings is 1. The van der Waals surface area contributed by atoms with Gasteiger partial charge >= 0.3 is 0 Å². The molecule has 19 heavy (non-hydrogen) atoms. The van der Waals surface area contributed by atoms with E-state index in [9.17, 15) is 0 Å². The molecule has 3 heteroatoms. The number of likely N-dealkylation sites (tertiary alicyclic amines) is 1. The fourth-order valence-electron chi connectivity index (χ4n) is 2.66. The second-order valence-electron chi connectivity index (χ2n) is 5.63. The first-order valence-electron chi connectivity index (χ1n) is 7.30. The minimum atomic E-state index is 0.549. The summed E-state index contributed by atoms with van der Waals surface area (Å²) in [7, 11) is 2.21. The highest BCUT2D eigenvalue weighted by Crippen LogP contribution is 2.28. The number of rotatable bonds is 4. The molecule has 0 amide bonds. The van der Waals surface area contributed by atoms with Gasteiger partial charge in [-0.2, -0.15) is 0 Å². The predicted octanol–water partition coefficient (Wildman–Crippen LogP) is 3.29. The van der Waals surface area contributed by atoms with E-state index in [1.54, 1.807) is 0 Å². The summed E-state index contributed by atoms with van der Waals surface area (Å²) in [4.78, 5) is 2.43. The number of hydrogen-bond donors (Lipinski definition) is 1. The highest BCUT2D eigenvalue weighted by Gasteiger charge is 2.23. The Balaban J connectivity index is 2.06. The molecule has 0 aliphatic carbocycles. The molecule has 1 N–H and O–H groups in total. The van der Waals surface area contributed by atoms with Crippen molar-refractivity contribution in [3.05, 3.63) is 23.8 Å². The van der Waals surface area contributed by atoms with Crippen LogP contribution in [0, 0.1) is 6.92 Å². The molecule has 3 nitrogen and oxygen atoms in total. The first-order valence-corrected chi connectivity index (χ1v) is 7.30. The molecule has 1 saturated heterocycles. The second-order valence-corrected chi connectivity index (χ2v) is 5.63. The number of hydrogen-bond acceptors (Lipinski definition) is 3. The zero-order valence-electron chi connectivity index (χ0n) is 12.6. The minimum Gasteiger partial charge on any atom is -0.492 e. The van der Waals surface area contributed by atoms with Crippen LogP contribution < -0.4 is 10.1 Å². The first-order chi connectivity index (χ1) is 9.10. The van der Waals surface area contributed by atoms with E-state index in [0.29, 0.717) is 18.7 Å². The molecule has 1 aliphatic heterocycles. The Hall–Kier alpha value is -1.22. The number of nitrogens with one attached hydrogen (secondary N) is 1. The van der Waals surface area contributed by atoms with Crippen molar-refractivity contribution in [1.29, 1.82) is 0 Å². The van der Waals surface area contributed by atoms with E-state index in [4.69, 9.17) is 4.74 Å². The van der Waals surface area contributed by atoms with Crippen LogP contribution in [0.2, 0.25) is 0 Å². The number of aryl methyl sites for hydroxylation is 1. The summed E-state index contributed by atoms with van der Waals surface area (Å²) in [6, 6.07) is 7.59. The number of ether oxygens (including phenoxy) is 1. The van der Waals surface area contributed by atoms with Gasteiger partial charge in [0.1, 0.15) is 5.75 Å². The van der Waals surface area contributed by atoms with E-state index in [-0.39, 0.29) is 0 Å². The second kappa shape index (κ2) is 6.29. The molecule has 1 aromatic carbocycles. The Bertz CT molecular complexity index is 419. The Kier molecular flexibility index (Phi) is 4.70. The Morgan fingerprint density at radius 3 is 2.89 bits per heavy atom. The van der Waals surface area contributed by atoms with Crippen molar-refractivity contribution in [2.24, 2.45) is 0 Å². The third-order valence-electron chi connectivity index (χ3n) is 4.00. The summed E-state index contributed by atoms with van der Waals surface area (Å²) in [6.45, 7) is 8.30. The third kappa shape index (κ3) is 3.63. The maximum absolute atomic E-state index is 5.73. The molecule has 2 rings (SSSR count). The Labute approximate surface area is 116 Å². The lowest BCUT2D eigenvalue weighted by Crippen LogP contribution is -2.42. The van der Waals surface area contributed by atoms with Crippen LogP contribution in [0.3, 0.4) is 0 Å². The molecule has 0 bridgehead atoms. The average molecular weight is 262 g/mol. The highest BCUT2D eigenvalue weighted by molar-refractivity contribution is 5.58. The van der Waals surface area contributed by atoms with Gasteiger partial charge in [-0.1, -0.05) is 6.07 Å². The van der Waals surface area contributed by atoms with Crippen LogP contribution in [0.25, 0.3) is 0 Å². The summed E-state index contributed by atoms with van der Waals surface area (Å²) in [5.41, 5.74) is 2.37. The van der Waals surface area contributed by atoms with Crippen molar-refractivity contribution in [3.8, 4) is 5.75 Å². The number of anilines is 1. The van der Waals surface area contributed by atoms with E-state index in [0.717, 1.165) is 18.0 Å². The fraction of sp³-hybridized carbons (Fsp3) is 0.625. The summed E-state index contributed by atoms with van der Waals surface area (Å²) < 4.78 is 5.73. The molecule has 2 unspecified atom stereocenters. The first kappa shape index (κ1) is 14.2. The zero-order chi connectivity index (χ0) is 13.8. The van der Waals surface area contributed by atoms with E-state index < -0.39 is 0 Å². The van der Waals surface area contributed by atoms with Crippen molar-refractivity contribution < 1.29 is 4.74 Å². The summed E-state index contributed by atoms with van der Waals surface area (Å²) in [5, 5.41) is 3.66. The highest BCUT2D eigenvalue weighted by atomic mass is 16.5. The van der Waals surface area contributed by atoms with E-state index >= 15 is 0 Å². The van der Waals surface area contributed by atoms with Crippen LogP contribution in [0.1, 0.15) is 32.3 Å². The molecule has 1 aliphatic rings. The lowest BCUT2D eigenvalue weighted by molar-refractivity contribution is 0.190. The monoisotopic (exact) mass is 262 g/mol. The van der Waals surface area contributed by atoms with Crippen LogP contribution in [0.4, 0.5) is 5.69 Å². The number of nitrogens with zero attached hydrogens (tertiary/aromatic N) is 1. The standard InChI is InChI=1S/C16H26N2O/c1-5-19-16-10-12(2)6-7-15(16)17-14-8-9-18(4)13(3)11-14/h6-7,10,13-14,17H,5,8-9,11H2,1-4H3. The van der Waals surface area contributed by atoms with Gasteiger partial charge in [0.05, 0.1) is 12.3 Å². The fourth-order valence-corrected chi connectivity index (χ4v) is 2.66. The molecule has 0 aromatic heterocycles. The molecule has 1 fully saturated rings. The normalized spacial score (nSPS) is 24.2. The van der Waals surface area contributed by atoms with Crippen LogP contribution in [0.5, 0.6) is 5.75 Å². The van der Waals surface area contributed by atoms with Crippen molar-refractivity contribution >= 4 is 5.69 Å². The smallest absolute Gasteiger partial charge is 0.142 e. The molecule has 1 heterocycles. The topological polar surface area (TPSA) is 24.5 Å². The quantitative estimate of drug-likeness (QED) is 0.901. The Morgan fingerprint density at radius 2 is 2.21 bits per heavy atom. The lowest BCUT2D eigenvalue weighted by atomic mass is 9.98. The van der Waals surface area contributed by atoms with Crippen LogP contribution in [0.15, 0.2) is 18.2 Å². The molecule has 2 atom stereocenters. The van der Waals surface area contributed by atoms with Crippen molar-refractivity contribution in [1.82, 2.24) is 4.90 Å². The molecule has 106 valence electrons. The van der Waals surface area contributed by atoms with Gasteiger partial charge in [0.15, 0.2) is 0 Å². The molecule has 0 spiro atoms. The van der Waals surface area contributed by atoms with Crippen molar-refractivity contribution in [3.63, 3.8) is 0 Å². The van der Waals surface area contributed by atoms with Gasteiger partial charge in [-0.15, -0.1) is 0 Å². The van der Waals surface area contributed by atoms with Gasteiger partial charge in [-0.3, -0.25) is 0 Å². The largest absolute Gasteiger partial charge is 0.492 e. The summed E-state index contributed by atoms with van der Waals surface area (Å²) >= 11 is 0. The average Bonchev–Trinajstić information content (AvgIpc) is 2.37. The third-order valence-corrected chi connectivity index (χ3v) is 4.00. The van der Waals surface area contributed by atoms with Crippen molar-refractivity contribution in [2.75, 3.05) is 25.5 Å². The zero-order valence-corrected chi connectivity index (χ0v) is 12.6. The Morgan fingerprint density at radius 1 is 1.42 bits per heavy atom. The maximum Gasteiger partial charge on any atom is 0.142 e.